The zero-order chi connectivity index (χ0) is 21.0. The van der Waals surface area contributed by atoms with E-state index < -0.39 is 0 Å². The smallest absolute Gasteiger partial charge is 0.159 e. The Morgan fingerprint density at radius 1 is 1.10 bits per heavy atom. The van der Waals surface area contributed by atoms with E-state index in [4.69, 9.17) is 4.74 Å². The zero-order valence-corrected chi connectivity index (χ0v) is 19.3. The van der Waals surface area contributed by atoms with Gasteiger partial charge in [-0.1, -0.05) is 40.2 Å². The first-order valence-electron chi connectivity index (χ1n) is 12.1. The lowest BCUT2D eigenvalue weighted by molar-refractivity contribution is -0.138. The molecule has 3 saturated carbocycles. The molecule has 0 bridgehead atoms. The van der Waals surface area contributed by atoms with E-state index in [1.165, 1.54) is 18.4 Å². The standard InChI is InChI=1S/C26H42O3/c1-24(2,3)11-6-14-29-22-8-7-19-23-20(10-13-26(19,22)5)25(4)12-9-18(27)15-17(25)16-21(23)28/h16,18-20,22-23,27H,6-15H2,1-5H3/t18-,19-,20-,22-,23-,25-,26-/m0/s1. The molecule has 4 aliphatic rings. The minimum Gasteiger partial charge on any atom is -0.393 e. The highest BCUT2D eigenvalue weighted by atomic mass is 16.5. The molecule has 4 aliphatic carbocycles. The Kier molecular flexibility index (Phi) is 5.56. The Bertz CT molecular complexity index is 674. The van der Waals surface area contributed by atoms with Crippen molar-refractivity contribution in [2.75, 3.05) is 6.61 Å². The van der Waals surface area contributed by atoms with Gasteiger partial charge in [0.15, 0.2) is 5.78 Å². The van der Waals surface area contributed by atoms with Crippen LogP contribution < -0.4 is 0 Å². The first-order chi connectivity index (χ1) is 13.5. The predicted molar refractivity (Wildman–Crippen MR) is 117 cm³/mol. The van der Waals surface area contributed by atoms with E-state index in [1.807, 2.05) is 6.08 Å². The summed E-state index contributed by atoms with van der Waals surface area (Å²) in [6.07, 6.45) is 11.5. The summed E-state index contributed by atoms with van der Waals surface area (Å²) >= 11 is 0. The Morgan fingerprint density at radius 3 is 2.59 bits per heavy atom. The quantitative estimate of drug-likeness (QED) is 0.614. The minimum atomic E-state index is -0.259. The van der Waals surface area contributed by atoms with Gasteiger partial charge in [-0.2, -0.15) is 0 Å². The number of allylic oxidation sites excluding steroid dienone is 1. The van der Waals surface area contributed by atoms with Crippen LogP contribution in [-0.4, -0.2) is 29.7 Å². The molecule has 0 amide bonds. The first-order valence-corrected chi connectivity index (χ1v) is 12.1. The average molecular weight is 403 g/mol. The van der Waals surface area contributed by atoms with Gasteiger partial charge >= 0.3 is 0 Å². The molecule has 29 heavy (non-hydrogen) atoms. The van der Waals surface area contributed by atoms with Gasteiger partial charge in [0.1, 0.15) is 0 Å². The second-order valence-electron chi connectivity index (χ2n) is 12.3. The monoisotopic (exact) mass is 402 g/mol. The zero-order valence-electron chi connectivity index (χ0n) is 19.3. The molecule has 0 aromatic rings. The van der Waals surface area contributed by atoms with Crippen LogP contribution in [0.15, 0.2) is 11.6 Å². The second kappa shape index (κ2) is 7.48. The van der Waals surface area contributed by atoms with Crippen LogP contribution >= 0.6 is 0 Å². The summed E-state index contributed by atoms with van der Waals surface area (Å²) in [5.74, 6) is 1.44. The minimum absolute atomic E-state index is 0.116. The molecule has 3 nitrogen and oxygen atoms in total. The largest absolute Gasteiger partial charge is 0.393 e. The highest BCUT2D eigenvalue weighted by Gasteiger charge is 2.61. The van der Waals surface area contributed by atoms with Crippen LogP contribution in [0.5, 0.6) is 0 Å². The van der Waals surface area contributed by atoms with Crippen molar-refractivity contribution >= 4 is 5.78 Å². The van der Waals surface area contributed by atoms with Crippen LogP contribution in [0.2, 0.25) is 0 Å². The molecule has 0 unspecified atom stereocenters. The van der Waals surface area contributed by atoms with Crippen molar-refractivity contribution in [3.63, 3.8) is 0 Å². The number of carbonyl (C=O) groups is 1. The molecule has 0 spiro atoms. The molecule has 0 aliphatic heterocycles. The SMILES string of the molecule is CC(C)(C)CCCO[C@H]1CC[C@H]2[C@@H]3C(=O)C=C4C[C@@H](O)CC[C@]4(C)[C@H]3CC[C@]12C. The molecule has 1 N–H and O–H groups in total. The molecule has 164 valence electrons. The van der Waals surface area contributed by atoms with Crippen molar-refractivity contribution < 1.29 is 14.6 Å². The number of aliphatic hydroxyl groups is 1. The van der Waals surface area contributed by atoms with Crippen molar-refractivity contribution in [3.05, 3.63) is 11.6 Å². The van der Waals surface area contributed by atoms with E-state index in [0.717, 1.165) is 45.1 Å². The highest BCUT2D eigenvalue weighted by Crippen LogP contribution is 2.64. The molecule has 0 aromatic carbocycles. The van der Waals surface area contributed by atoms with Crippen molar-refractivity contribution in [3.8, 4) is 0 Å². The van der Waals surface area contributed by atoms with Crippen molar-refractivity contribution in [1.82, 2.24) is 0 Å². The van der Waals surface area contributed by atoms with Gasteiger partial charge < -0.3 is 9.84 Å². The third-order valence-corrected chi connectivity index (χ3v) is 9.22. The summed E-state index contributed by atoms with van der Waals surface area (Å²) in [6.45, 7) is 12.5. The lowest BCUT2D eigenvalue weighted by Gasteiger charge is -2.56. The Hall–Kier alpha value is -0.670. The van der Waals surface area contributed by atoms with Gasteiger partial charge in [-0.15, -0.1) is 0 Å². The topological polar surface area (TPSA) is 46.5 Å². The van der Waals surface area contributed by atoms with Crippen LogP contribution in [-0.2, 0) is 9.53 Å². The van der Waals surface area contributed by atoms with Gasteiger partial charge in [0.2, 0.25) is 0 Å². The Balaban J connectivity index is 1.49. The van der Waals surface area contributed by atoms with Crippen LogP contribution in [0.25, 0.3) is 0 Å². The molecular formula is C26H42O3. The number of ketones is 1. The fraction of sp³-hybridized carbons (Fsp3) is 0.885. The van der Waals surface area contributed by atoms with E-state index in [2.05, 4.69) is 34.6 Å². The maximum absolute atomic E-state index is 13.3. The van der Waals surface area contributed by atoms with E-state index in [0.29, 0.717) is 35.6 Å². The number of hydrogen-bond donors (Lipinski definition) is 1. The number of rotatable bonds is 4. The molecule has 3 fully saturated rings. The van der Waals surface area contributed by atoms with E-state index in [9.17, 15) is 9.90 Å². The third-order valence-electron chi connectivity index (χ3n) is 9.22. The summed E-state index contributed by atoms with van der Waals surface area (Å²) in [7, 11) is 0. The van der Waals surface area contributed by atoms with Gasteiger partial charge in [-0.3, -0.25) is 4.79 Å². The van der Waals surface area contributed by atoms with E-state index in [1.54, 1.807) is 0 Å². The fourth-order valence-electron chi connectivity index (χ4n) is 7.44. The summed E-state index contributed by atoms with van der Waals surface area (Å²) in [6, 6.07) is 0. The van der Waals surface area contributed by atoms with Crippen LogP contribution in [0, 0.1) is 34.0 Å². The number of hydrogen-bond acceptors (Lipinski definition) is 3. The molecule has 0 heterocycles. The number of fused-ring (bicyclic) bond motifs is 5. The predicted octanol–water partition coefficient (Wildman–Crippen LogP) is 5.70. The summed E-state index contributed by atoms with van der Waals surface area (Å²) < 4.78 is 6.47. The van der Waals surface area contributed by atoms with Gasteiger partial charge in [0.05, 0.1) is 12.2 Å². The number of ether oxygens (including phenoxy) is 1. The summed E-state index contributed by atoms with van der Waals surface area (Å²) in [5, 5.41) is 10.2. The molecule has 0 saturated heterocycles. The maximum atomic E-state index is 13.3. The fourth-order valence-corrected chi connectivity index (χ4v) is 7.44. The van der Waals surface area contributed by atoms with Crippen LogP contribution in [0.1, 0.15) is 92.4 Å². The van der Waals surface area contributed by atoms with E-state index >= 15 is 0 Å². The van der Waals surface area contributed by atoms with Gasteiger partial charge in [0, 0.05) is 12.5 Å². The lowest BCUT2D eigenvalue weighted by atomic mass is 9.47. The maximum Gasteiger partial charge on any atom is 0.159 e. The van der Waals surface area contributed by atoms with Gasteiger partial charge in [-0.25, -0.2) is 0 Å². The average Bonchev–Trinajstić information content (AvgIpc) is 2.96. The molecule has 7 atom stereocenters. The van der Waals surface area contributed by atoms with Gasteiger partial charge in [0.25, 0.3) is 0 Å². The molecule has 3 heteroatoms. The third kappa shape index (κ3) is 3.76. The van der Waals surface area contributed by atoms with Crippen molar-refractivity contribution in [2.24, 2.45) is 34.0 Å². The van der Waals surface area contributed by atoms with Crippen LogP contribution in [0.3, 0.4) is 0 Å². The van der Waals surface area contributed by atoms with E-state index in [-0.39, 0.29) is 22.9 Å². The summed E-state index contributed by atoms with van der Waals surface area (Å²) in [5.41, 5.74) is 1.86. The normalized spacial score (nSPS) is 44.7. The Labute approximate surface area is 177 Å². The van der Waals surface area contributed by atoms with Crippen molar-refractivity contribution in [1.29, 1.82) is 0 Å². The number of carbonyl (C=O) groups excluding carboxylic acids is 1. The first kappa shape index (κ1) is 21.6. The van der Waals surface area contributed by atoms with Gasteiger partial charge in [-0.05, 0) is 91.9 Å². The molecule has 0 aromatic heterocycles. The van der Waals surface area contributed by atoms with Crippen molar-refractivity contribution in [2.45, 2.75) is 105 Å². The highest BCUT2D eigenvalue weighted by molar-refractivity contribution is 5.94. The molecular weight excluding hydrogens is 360 g/mol. The molecule has 0 radical (unpaired) electrons. The second-order valence-corrected chi connectivity index (χ2v) is 12.3. The molecule has 4 rings (SSSR count). The number of aliphatic hydroxyl groups excluding tert-OH is 1. The Morgan fingerprint density at radius 2 is 1.86 bits per heavy atom. The van der Waals surface area contributed by atoms with Crippen LogP contribution in [0.4, 0.5) is 0 Å². The lowest BCUT2D eigenvalue weighted by Crippen LogP contribution is -2.54. The summed E-state index contributed by atoms with van der Waals surface area (Å²) in [4.78, 5) is 13.3.